The lowest BCUT2D eigenvalue weighted by atomic mass is 9.92. The lowest BCUT2D eigenvalue weighted by molar-refractivity contribution is -0.376. The Balaban J connectivity index is 3.35. The molecule has 0 heterocycles. The van der Waals surface area contributed by atoms with Crippen molar-refractivity contribution in [2.75, 3.05) is 5.32 Å². The zero-order valence-electron chi connectivity index (χ0n) is 11.3. The first kappa shape index (κ1) is 19.3. The van der Waals surface area contributed by atoms with Crippen LogP contribution in [0, 0.1) is 28.5 Å². The fourth-order valence-electron chi connectivity index (χ4n) is 1.58. The van der Waals surface area contributed by atoms with Crippen LogP contribution in [0.2, 0.25) is 0 Å². The maximum Gasteiger partial charge on any atom is 0.430 e. The van der Waals surface area contributed by atoms with Crippen molar-refractivity contribution in [1.29, 1.82) is 10.5 Å². The summed E-state index contributed by atoms with van der Waals surface area (Å²) in [5, 5.41) is 28.1. The molecule has 0 unspecified atom stereocenters. The highest BCUT2D eigenvalue weighted by atomic mass is 19.4. The summed E-state index contributed by atoms with van der Waals surface area (Å²) in [6.45, 7) is 0. The molecule has 1 aromatic rings. The zero-order chi connectivity index (χ0) is 18.8. The second-order valence-electron chi connectivity index (χ2n) is 4.33. The molecule has 0 radical (unpaired) electrons. The highest BCUT2D eigenvalue weighted by Crippen LogP contribution is 2.50. The summed E-state index contributed by atoms with van der Waals surface area (Å²) in [7, 11) is 0. The van der Waals surface area contributed by atoms with E-state index in [-0.39, 0.29) is 12.1 Å². The van der Waals surface area contributed by atoms with Crippen LogP contribution in [0.15, 0.2) is 30.0 Å². The van der Waals surface area contributed by atoms with Gasteiger partial charge in [-0.25, -0.2) is 4.39 Å². The number of aliphatic hydroxyl groups is 1. The van der Waals surface area contributed by atoms with E-state index in [1.807, 2.05) is 5.32 Å². The highest BCUT2D eigenvalue weighted by Gasteiger charge is 2.71. The predicted molar refractivity (Wildman–Crippen MR) is 65.3 cm³/mol. The third kappa shape index (κ3) is 3.41. The number of alkyl halides is 6. The molecule has 0 aliphatic heterocycles. The molecule has 0 spiro atoms. The Labute approximate surface area is 130 Å². The van der Waals surface area contributed by atoms with Gasteiger partial charge in [-0.2, -0.15) is 36.9 Å². The minimum Gasteiger partial charge on any atom is -0.369 e. The van der Waals surface area contributed by atoms with Gasteiger partial charge < -0.3 is 10.4 Å². The third-order valence-electron chi connectivity index (χ3n) is 2.82. The largest absolute Gasteiger partial charge is 0.430 e. The molecule has 0 saturated heterocycles. The van der Waals surface area contributed by atoms with Gasteiger partial charge in [0.1, 0.15) is 23.5 Å². The number of anilines is 1. The normalized spacial score (nSPS) is 12.1. The van der Waals surface area contributed by atoms with E-state index < -0.39 is 40.6 Å². The van der Waals surface area contributed by atoms with Crippen molar-refractivity contribution in [3.8, 4) is 12.1 Å². The molecular weight excluding hydrogens is 347 g/mol. The minimum absolute atomic E-state index is 0.143. The van der Waals surface area contributed by atoms with Crippen LogP contribution >= 0.6 is 0 Å². The standard InChI is InChI=1S/C13H6F7N3O/c14-9-3-8(11(24,12(15,16)17)13(18,19)20)1-2-10(9)23-6-7(4-21)5-22/h1-3,6,23-24H. The van der Waals surface area contributed by atoms with Crippen molar-refractivity contribution < 1.29 is 35.8 Å². The van der Waals surface area contributed by atoms with E-state index in [2.05, 4.69) is 0 Å². The van der Waals surface area contributed by atoms with Crippen molar-refractivity contribution in [1.82, 2.24) is 0 Å². The van der Waals surface area contributed by atoms with Gasteiger partial charge in [0.25, 0.3) is 5.60 Å². The van der Waals surface area contributed by atoms with E-state index in [0.29, 0.717) is 12.3 Å². The summed E-state index contributed by atoms with van der Waals surface area (Å²) in [5.41, 5.74) is -8.14. The van der Waals surface area contributed by atoms with E-state index >= 15 is 0 Å². The van der Waals surface area contributed by atoms with Crippen LogP contribution in [0.25, 0.3) is 0 Å². The number of allylic oxidation sites excluding steroid dienone is 1. The van der Waals surface area contributed by atoms with E-state index in [0.717, 1.165) is 0 Å². The number of nitrogens with zero attached hydrogens (tertiary/aromatic N) is 2. The lowest BCUT2D eigenvalue weighted by Crippen LogP contribution is -2.53. The lowest BCUT2D eigenvalue weighted by Gasteiger charge is -2.32. The SMILES string of the molecule is N#CC(C#N)=CNc1ccc(C(O)(C(F)(F)F)C(F)(F)F)cc1F. The van der Waals surface area contributed by atoms with Crippen LogP contribution < -0.4 is 5.32 Å². The minimum atomic E-state index is -6.14. The molecule has 0 bridgehead atoms. The van der Waals surface area contributed by atoms with Crippen molar-refractivity contribution in [2.45, 2.75) is 18.0 Å². The number of nitriles is 2. The van der Waals surface area contributed by atoms with Crippen LogP contribution in [0.5, 0.6) is 0 Å². The van der Waals surface area contributed by atoms with Crippen molar-refractivity contribution in [2.24, 2.45) is 0 Å². The van der Waals surface area contributed by atoms with Gasteiger partial charge in [0.2, 0.25) is 0 Å². The molecule has 128 valence electrons. The van der Waals surface area contributed by atoms with Crippen LogP contribution in [0.1, 0.15) is 5.56 Å². The third-order valence-corrected chi connectivity index (χ3v) is 2.82. The summed E-state index contributed by atoms with van der Waals surface area (Å²) in [6, 6.07) is 3.36. The molecule has 2 N–H and O–H groups in total. The topological polar surface area (TPSA) is 79.8 Å². The van der Waals surface area contributed by atoms with E-state index in [4.69, 9.17) is 15.6 Å². The van der Waals surface area contributed by atoms with Gasteiger partial charge in [-0.15, -0.1) is 0 Å². The fraction of sp³-hybridized carbons (Fsp3) is 0.231. The predicted octanol–water partition coefficient (Wildman–Crippen LogP) is 3.48. The Bertz CT molecular complexity index is 708. The highest BCUT2D eigenvalue weighted by molar-refractivity contribution is 5.52. The van der Waals surface area contributed by atoms with Gasteiger partial charge in [-0.1, -0.05) is 6.07 Å². The number of benzene rings is 1. The number of nitrogens with one attached hydrogen (secondary N) is 1. The quantitative estimate of drug-likeness (QED) is 0.644. The van der Waals surface area contributed by atoms with Gasteiger partial charge in [-0.3, -0.25) is 0 Å². The molecule has 0 aliphatic rings. The molecule has 0 saturated carbocycles. The first-order valence-electron chi connectivity index (χ1n) is 5.81. The van der Waals surface area contributed by atoms with Crippen LogP contribution in [0.3, 0.4) is 0 Å². The van der Waals surface area contributed by atoms with Crippen molar-refractivity contribution in [3.63, 3.8) is 0 Å². The first-order valence-corrected chi connectivity index (χ1v) is 5.81. The van der Waals surface area contributed by atoms with Crippen molar-refractivity contribution in [3.05, 3.63) is 41.4 Å². The summed E-state index contributed by atoms with van der Waals surface area (Å²) in [4.78, 5) is 0. The zero-order valence-corrected chi connectivity index (χ0v) is 11.3. The summed E-state index contributed by atoms with van der Waals surface area (Å²) in [6.07, 6.45) is -11.6. The molecular formula is C13H6F7N3O. The molecule has 1 rings (SSSR count). The number of rotatable bonds is 3. The van der Waals surface area contributed by atoms with E-state index in [1.54, 1.807) is 0 Å². The van der Waals surface area contributed by atoms with E-state index in [1.165, 1.54) is 12.1 Å². The van der Waals surface area contributed by atoms with Crippen LogP contribution in [-0.2, 0) is 5.60 Å². The Morgan fingerprint density at radius 2 is 1.54 bits per heavy atom. The maximum absolute atomic E-state index is 13.7. The summed E-state index contributed by atoms with van der Waals surface area (Å²) >= 11 is 0. The van der Waals surface area contributed by atoms with Gasteiger partial charge >= 0.3 is 12.4 Å². The van der Waals surface area contributed by atoms with Crippen LogP contribution in [-0.4, -0.2) is 17.5 Å². The second kappa shape index (κ2) is 6.37. The van der Waals surface area contributed by atoms with Gasteiger partial charge in [-0.05, 0) is 12.1 Å². The monoisotopic (exact) mass is 353 g/mol. The molecule has 11 heteroatoms. The fourth-order valence-corrected chi connectivity index (χ4v) is 1.58. The number of hydrogen-bond acceptors (Lipinski definition) is 4. The van der Waals surface area contributed by atoms with Crippen LogP contribution in [0.4, 0.5) is 36.4 Å². The molecule has 4 nitrogen and oxygen atoms in total. The molecule has 0 aromatic heterocycles. The van der Waals surface area contributed by atoms with Crippen molar-refractivity contribution >= 4 is 5.69 Å². The van der Waals surface area contributed by atoms with E-state index in [9.17, 15) is 30.7 Å². The van der Waals surface area contributed by atoms with Gasteiger partial charge in [0, 0.05) is 11.8 Å². The molecule has 0 aliphatic carbocycles. The molecule has 24 heavy (non-hydrogen) atoms. The number of halogens is 7. The maximum atomic E-state index is 13.7. The van der Waals surface area contributed by atoms with Gasteiger partial charge in [0.15, 0.2) is 0 Å². The first-order chi connectivity index (χ1) is 10.9. The number of hydrogen-bond donors (Lipinski definition) is 2. The molecule has 0 fully saturated rings. The Morgan fingerprint density at radius 3 is 1.92 bits per heavy atom. The average Bonchev–Trinajstić information content (AvgIpc) is 2.46. The second-order valence-corrected chi connectivity index (χ2v) is 4.33. The summed E-state index contributed by atoms with van der Waals surface area (Å²) in [5.74, 6) is -1.56. The Hall–Kier alpha value is -2.79. The van der Waals surface area contributed by atoms with Gasteiger partial charge in [0.05, 0.1) is 5.69 Å². The Morgan fingerprint density at radius 1 is 1.04 bits per heavy atom. The summed E-state index contributed by atoms with van der Waals surface area (Å²) < 4.78 is 89.8. The molecule has 0 amide bonds. The molecule has 1 aromatic carbocycles. The average molecular weight is 353 g/mol. The Kier molecular flexibility index (Phi) is 5.11. The molecule has 0 atom stereocenters. The smallest absolute Gasteiger partial charge is 0.369 e.